The highest BCUT2D eigenvalue weighted by Crippen LogP contribution is 2.15. The first-order valence-corrected chi connectivity index (χ1v) is 8.60. The molecule has 0 aliphatic rings. The van der Waals surface area contributed by atoms with E-state index >= 15 is 0 Å². The van der Waals surface area contributed by atoms with E-state index in [4.69, 9.17) is 17.3 Å². The Hall–Kier alpha value is -2.15. The number of primary amides is 1. The summed E-state index contributed by atoms with van der Waals surface area (Å²) in [5.74, 6) is -0.778. The Labute approximate surface area is 139 Å². The van der Waals surface area contributed by atoms with E-state index in [1.54, 1.807) is 54.6 Å². The van der Waals surface area contributed by atoms with Crippen LogP contribution in [0.25, 0.3) is 6.08 Å². The summed E-state index contributed by atoms with van der Waals surface area (Å²) in [6.07, 6.45) is 1.40. The molecular formula is C16H15ClN2O3S. The van der Waals surface area contributed by atoms with Crippen molar-refractivity contribution in [1.29, 1.82) is 0 Å². The van der Waals surface area contributed by atoms with Crippen molar-refractivity contribution in [3.63, 3.8) is 0 Å². The van der Waals surface area contributed by atoms with Crippen LogP contribution in [-0.4, -0.2) is 14.3 Å². The molecule has 5 nitrogen and oxygen atoms in total. The fraction of sp³-hybridized carbons (Fsp3) is 0.0625. The molecule has 7 heteroatoms. The van der Waals surface area contributed by atoms with E-state index in [9.17, 15) is 13.2 Å². The highest BCUT2D eigenvalue weighted by Gasteiger charge is 2.22. The van der Waals surface area contributed by atoms with Crippen LogP contribution in [0, 0.1) is 0 Å². The minimum absolute atomic E-state index is 0.475. The summed E-state index contributed by atoms with van der Waals surface area (Å²) in [5.41, 5.74) is 6.43. The lowest BCUT2D eigenvalue weighted by Gasteiger charge is -2.14. The average molecular weight is 351 g/mol. The zero-order chi connectivity index (χ0) is 16.9. The van der Waals surface area contributed by atoms with Gasteiger partial charge in [-0.3, -0.25) is 4.79 Å². The Morgan fingerprint density at radius 2 is 1.70 bits per heavy atom. The van der Waals surface area contributed by atoms with E-state index < -0.39 is 22.0 Å². The maximum Gasteiger partial charge on any atom is 0.240 e. The molecule has 0 radical (unpaired) electrons. The summed E-state index contributed by atoms with van der Waals surface area (Å²) < 4.78 is 26.5. The molecule has 0 aliphatic carbocycles. The summed E-state index contributed by atoms with van der Waals surface area (Å²) in [7, 11) is -3.85. The van der Waals surface area contributed by atoms with Gasteiger partial charge in [-0.05, 0) is 29.3 Å². The fourth-order valence-corrected chi connectivity index (χ4v) is 3.00. The minimum Gasteiger partial charge on any atom is -0.368 e. The summed E-state index contributed by atoms with van der Waals surface area (Å²) >= 11 is 5.77. The highest BCUT2D eigenvalue weighted by molar-refractivity contribution is 7.92. The Kier molecular flexibility index (Phi) is 5.54. The number of nitrogens with one attached hydrogen (secondary N) is 1. The Morgan fingerprint density at radius 3 is 2.26 bits per heavy atom. The molecule has 0 spiro atoms. The molecule has 3 N–H and O–H groups in total. The number of carbonyl (C=O) groups is 1. The molecule has 23 heavy (non-hydrogen) atoms. The first-order chi connectivity index (χ1) is 10.9. The van der Waals surface area contributed by atoms with Crippen molar-refractivity contribution in [2.45, 2.75) is 6.04 Å². The number of amides is 1. The Balaban J connectivity index is 2.18. The number of nitrogens with two attached hydrogens (primary N) is 1. The third-order valence-electron chi connectivity index (χ3n) is 3.01. The van der Waals surface area contributed by atoms with Crippen LogP contribution in [-0.2, 0) is 14.8 Å². The molecule has 1 unspecified atom stereocenters. The number of hydrogen-bond acceptors (Lipinski definition) is 3. The Morgan fingerprint density at radius 1 is 1.09 bits per heavy atom. The monoisotopic (exact) mass is 350 g/mol. The van der Waals surface area contributed by atoms with Gasteiger partial charge in [0, 0.05) is 10.4 Å². The zero-order valence-electron chi connectivity index (χ0n) is 12.0. The molecule has 2 aromatic rings. The molecule has 2 rings (SSSR count). The molecule has 0 fully saturated rings. The second kappa shape index (κ2) is 7.41. The molecular weight excluding hydrogens is 336 g/mol. The molecule has 0 saturated carbocycles. The first kappa shape index (κ1) is 17.2. The second-order valence-electron chi connectivity index (χ2n) is 4.76. The topological polar surface area (TPSA) is 89.3 Å². The standard InChI is InChI=1S/C16H15ClN2O3S/c17-14-8-6-12(7-9-14)10-11-23(21,22)19-15(16(18)20)13-4-2-1-3-5-13/h1-11,15,19H,(H2,18,20)/b11-10+. The quantitative estimate of drug-likeness (QED) is 0.838. The average Bonchev–Trinajstić information content (AvgIpc) is 2.53. The maximum absolute atomic E-state index is 12.1. The van der Waals surface area contributed by atoms with Gasteiger partial charge in [0.25, 0.3) is 0 Å². The van der Waals surface area contributed by atoms with Crippen LogP contribution in [0.3, 0.4) is 0 Å². The van der Waals surface area contributed by atoms with Crippen molar-refractivity contribution in [2.75, 3.05) is 0 Å². The van der Waals surface area contributed by atoms with E-state index in [-0.39, 0.29) is 0 Å². The number of carbonyl (C=O) groups excluding carboxylic acids is 1. The fourth-order valence-electron chi connectivity index (χ4n) is 1.88. The van der Waals surface area contributed by atoms with Crippen molar-refractivity contribution < 1.29 is 13.2 Å². The molecule has 1 amide bonds. The van der Waals surface area contributed by atoms with Gasteiger partial charge in [0.05, 0.1) is 0 Å². The van der Waals surface area contributed by atoms with Crippen LogP contribution in [0.2, 0.25) is 5.02 Å². The zero-order valence-corrected chi connectivity index (χ0v) is 13.6. The van der Waals surface area contributed by atoms with Gasteiger partial charge in [-0.1, -0.05) is 54.1 Å². The van der Waals surface area contributed by atoms with Gasteiger partial charge >= 0.3 is 0 Å². The van der Waals surface area contributed by atoms with Gasteiger partial charge < -0.3 is 5.73 Å². The van der Waals surface area contributed by atoms with Crippen LogP contribution in [0.4, 0.5) is 0 Å². The highest BCUT2D eigenvalue weighted by atomic mass is 35.5. The van der Waals surface area contributed by atoms with Crippen molar-refractivity contribution in [1.82, 2.24) is 4.72 Å². The second-order valence-corrected chi connectivity index (χ2v) is 6.80. The minimum atomic E-state index is -3.85. The predicted octanol–water partition coefficient (Wildman–Crippen LogP) is 2.46. The van der Waals surface area contributed by atoms with Gasteiger partial charge in [0.1, 0.15) is 6.04 Å². The number of benzene rings is 2. The summed E-state index contributed by atoms with van der Waals surface area (Å²) in [5, 5.41) is 1.54. The molecule has 0 bridgehead atoms. The van der Waals surface area contributed by atoms with Crippen molar-refractivity contribution in [3.8, 4) is 0 Å². The molecule has 0 aliphatic heterocycles. The van der Waals surface area contributed by atoms with E-state index in [1.807, 2.05) is 0 Å². The van der Waals surface area contributed by atoms with E-state index in [0.29, 0.717) is 16.1 Å². The van der Waals surface area contributed by atoms with Crippen LogP contribution < -0.4 is 10.5 Å². The molecule has 120 valence electrons. The smallest absolute Gasteiger partial charge is 0.240 e. The van der Waals surface area contributed by atoms with Gasteiger partial charge in [-0.2, -0.15) is 4.72 Å². The van der Waals surface area contributed by atoms with Crippen LogP contribution in [0.15, 0.2) is 60.0 Å². The lowest BCUT2D eigenvalue weighted by atomic mass is 10.1. The van der Waals surface area contributed by atoms with E-state index in [2.05, 4.69) is 4.72 Å². The molecule has 0 aromatic heterocycles. The number of hydrogen-bond donors (Lipinski definition) is 2. The summed E-state index contributed by atoms with van der Waals surface area (Å²) in [4.78, 5) is 11.5. The number of rotatable bonds is 6. The first-order valence-electron chi connectivity index (χ1n) is 6.68. The Bertz CT molecular complexity index is 803. The third-order valence-corrected chi connectivity index (χ3v) is 4.32. The normalized spacial score (nSPS) is 13.1. The van der Waals surface area contributed by atoms with Gasteiger partial charge in [-0.15, -0.1) is 0 Å². The lowest BCUT2D eigenvalue weighted by Crippen LogP contribution is -2.36. The van der Waals surface area contributed by atoms with E-state index in [0.717, 1.165) is 5.41 Å². The lowest BCUT2D eigenvalue weighted by molar-refractivity contribution is -0.119. The van der Waals surface area contributed by atoms with Crippen molar-refractivity contribution in [3.05, 3.63) is 76.2 Å². The number of halogens is 1. The van der Waals surface area contributed by atoms with Crippen LogP contribution in [0.5, 0.6) is 0 Å². The van der Waals surface area contributed by atoms with Crippen molar-refractivity contribution >= 4 is 33.6 Å². The van der Waals surface area contributed by atoms with Gasteiger partial charge in [0.15, 0.2) is 0 Å². The summed E-state index contributed by atoms with van der Waals surface area (Å²) in [6, 6.07) is 13.9. The predicted molar refractivity (Wildman–Crippen MR) is 90.9 cm³/mol. The maximum atomic E-state index is 12.1. The molecule has 0 heterocycles. The molecule has 1 atom stereocenters. The number of sulfonamides is 1. The molecule has 2 aromatic carbocycles. The molecule has 0 saturated heterocycles. The van der Waals surface area contributed by atoms with Crippen LogP contribution in [0.1, 0.15) is 17.2 Å². The summed E-state index contributed by atoms with van der Waals surface area (Å²) in [6.45, 7) is 0. The third kappa shape index (κ3) is 5.21. The van der Waals surface area contributed by atoms with Gasteiger partial charge in [0.2, 0.25) is 15.9 Å². The van der Waals surface area contributed by atoms with Crippen molar-refractivity contribution in [2.24, 2.45) is 5.73 Å². The van der Waals surface area contributed by atoms with Crippen LogP contribution >= 0.6 is 11.6 Å². The van der Waals surface area contributed by atoms with E-state index in [1.165, 1.54) is 6.08 Å². The van der Waals surface area contributed by atoms with Gasteiger partial charge in [-0.25, -0.2) is 8.42 Å². The SMILES string of the molecule is NC(=O)C(NS(=O)(=O)/C=C/c1ccc(Cl)cc1)c1ccccc1. The largest absolute Gasteiger partial charge is 0.368 e.